The van der Waals surface area contributed by atoms with Crippen molar-refractivity contribution in [1.29, 1.82) is 0 Å². The molecule has 27 heavy (non-hydrogen) atoms. The molecule has 0 saturated heterocycles. The molecule has 2 aliphatic carbocycles. The van der Waals surface area contributed by atoms with Crippen molar-refractivity contribution in [2.75, 3.05) is 0 Å². The van der Waals surface area contributed by atoms with Gasteiger partial charge in [-0.05, 0) is 84.4 Å². The van der Waals surface area contributed by atoms with E-state index in [2.05, 4.69) is 84.9 Å². The predicted octanol–water partition coefficient (Wildman–Crippen LogP) is 9.16. The first-order valence-electron chi connectivity index (χ1n) is 12.0. The normalized spacial score (nSPS) is 44.0. The Hall–Kier alpha value is 0.730. The number of alkyl halides is 1. The summed E-state index contributed by atoms with van der Waals surface area (Å²) in [5.74, 6) is 4.64. The molecule has 0 aromatic carbocycles. The Morgan fingerprint density at radius 1 is 1.00 bits per heavy atom. The minimum Gasteiger partial charge on any atom is -0.0820 e. The van der Waals surface area contributed by atoms with E-state index in [1.54, 1.807) is 0 Å². The lowest BCUT2D eigenvalue weighted by Gasteiger charge is -2.62. The highest BCUT2D eigenvalue weighted by atomic mass is 127. The van der Waals surface area contributed by atoms with Crippen LogP contribution in [-0.4, -0.2) is 3.92 Å². The topological polar surface area (TPSA) is 0 Å². The summed E-state index contributed by atoms with van der Waals surface area (Å²) in [4.78, 5) is 0. The Kier molecular flexibility index (Phi) is 7.86. The highest BCUT2D eigenvalue weighted by Crippen LogP contribution is 2.64. The van der Waals surface area contributed by atoms with Crippen LogP contribution in [0.5, 0.6) is 0 Å². The van der Waals surface area contributed by atoms with Gasteiger partial charge in [0.15, 0.2) is 0 Å². The number of hydrogen-bond donors (Lipinski definition) is 0. The Morgan fingerprint density at radius 2 is 1.63 bits per heavy atom. The lowest BCUT2D eigenvalue weighted by molar-refractivity contribution is -0.129. The third kappa shape index (κ3) is 4.91. The zero-order chi connectivity index (χ0) is 20.6. The lowest BCUT2D eigenvalue weighted by atomic mass is 9.43. The van der Waals surface area contributed by atoms with Crippen LogP contribution in [0, 0.1) is 45.8 Å². The van der Waals surface area contributed by atoms with Crippen molar-refractivity contribution in [2.45, 2.75) is 118 Å². The molecule has 8 unspecified atom stereocenters. The van der Waals surface area contributed by atoms with Crippen LogP contribution in [0.25, 0.3) is 0 Å². The zero-order valence-corrected chi connectivity index (χ0v) is 22.2. The molecule has 0 nitrogen and oxygen atoms in total. The van der Waals surface area contributed by atoms with Crippen LogP contribution in [0.15, 0.2) is 0 Å². The maximum Gasteiger partial charge on any atom is 0.0158 e. The summed E-state index contributed by atoms with van der Waals surface area (Å²) in [6, 6.07) is 0. The highest BCUT2D eigenvalue weighted by molar-refractivity contribution is 14.1. The van der Waals surface area contributed by atoms with E-state index < -0.39 is 0 Å². The number of rotatable bonds is 6. The summed E-state index contributed by atoms with van der Waals surface area (Å²) < 4.78 is 0.786. The Bertz CT molecular complexity index is 477. The molecule has 2 saturated carbocycles. The van der Waals surface area contributed by atoms with Gasteiger partial charge in [0, 0.05) is 3.92 Å². The van der Waals surface area contributed by atoms with Crippen LogP contribution in [0.2, 0.25) is 0 Å². The molecule has 2 fully saturated rings. The molecule has 0 heterocycles. The van der Waals surface area contributed by atoms with Crippen molar-refractivity contribution in [3.8, 4) is 0 Å². The summed E-state index contributed by atoms with van der Waals surface area (Å²) >= 11 is 2.74. The third-order valence-electron chi connectivity index (χ3n) is 9.00. The second-order valence-electron chi connectivity index (χ2n) is 12.3. The summed E-state index contributed by atoms with van der Waals surface area (Å²) in [6.45, 7) is 22.7. The average Bonchev–Trinajstić information content (AvgIpc) is 2.54. The second kappa shape index (κ2) is 8.84. The second-order valence-corrected chi connectivity index (χ2v) is 13.8. The van der Waals surface area contributed by atoms with Crippen LogP contribution < -0.4 is 0 Å². The molecule has 0 aliphatic heterocycles. The lowest BCUT2D eigenvalue weighted by Crippen LogP contribution is -2.54. The SMILES string of the molecule is CCCC1(C)C(CC)C(C)CC2C1CC(C)CC2(C)CCC(I)C(C)(C)C. The zero-order valence-electron chi connectivity index (χ0n) is 20.0. The van der Waals surface area contributed by atoms with Crippen molar-refractivity contribution in [2.24, 2.45) is 45.8 Å². The molecule has 0 bridgehead atoms. The van der Waals surface area contributed by atoms with Gasteiger partial charge in [0.2, 0.25) is 0 Å². The molecule has 0 radical (unpaired) electrons. The summed E-state index contributed by atoms with van der Waals surface area (Å²) in [7, 11) is 0. The first-order valence-corrected chi connectivity index (χ1v) is 13.3. The molecule has 160 valence electrons. The largest absolute Gasteiger partial charge is 0.0820 e. The number of hydrogen-bond acceptors (Lipinski definition) is 0. The maximum absolute atomic E-state index is 2.74. The van der Waals surface area contributed by atoms with Crippen molar-refractivity contribution in [1.82, 2.24) is 0 Å². The first-order chi connectivity index (χ1) is 12.4. The minimum atomic E-state index is 0.431. The molecular formula is C26H49I. The van der Waals surface area contributed by atoms with Crippen molar-refractivity contribution < 1.29 is 0 Å². The van der Waals surface area contributed by atoms with Gasteiger partial charge in [-0.1, -0.05) is 97.7 Å². The van der Waals surface area contributed by atoms with Crippen molar-refractivity contribution in [3.05, 3.63) is 0 Å². The summed E-state index contributed by atoms with van der Waals surface area (Å²) in [5.41, 5.74) is 1.55. The number of fused-ring (bicyclic) bond motifs is 1. The molecule has 0 amide bonds. The van der Waals surface area contributed by atoms with E-state index >= 15 is 0 Å². The van der Waals surface area contributed by atoms with Crippen LogP contribution in [0.4, 0.5) is 0 Å². The third-order valence-corrected chi connectivity index (χ3v) is 11.5. The van der Waals surface area contributed by atoms with Gasteiger partial charge in [-0.2, -0.15) is 0 Å². The first kappa shape index (κ1) is 24.0. The molecule has 2 aliphatic rings. The van der Waals surface area contributed by atoms with E-state index in [1.165, 1.54) is 51.4 Å². The van der Waals surface area contributed by atoms with Gasteiger partial charge in [0.1, 0.15) is 0 Å². The van der Waals surface area contributed by atoms with Crippen molar-refractivity contribution in [3.63, 3.8) is 0 Å². The van der Waals surface area contributed by atoms with Gasteiger partial charge in [-0.15, -0.1) is 0 Å². The van der Waals surface area contributed by atoms with E-state index in [0.717, 1.165) is 33.5 Å². The molecular weight excluding hydrogens is 439 g/mol. The van der Waals surface area contributed by atoms with E-state index in [9.17, 15) is 0 Å². The summed E-state index contributed by atoms with van der Waals surface area (Å²) in [5, 5.41) is 0. The minimum absolute atomic E-state index is 0.431. The van der Waals surface area contributed by atoms with E-state index in [1.807, 2.05) is 0 Å². The molecule has 0 aromatic heterocycles. The van der Waals surface area contributed by atoms with Gasteiger partial charge >= 0.3 is 0 Å². The molecule has 1 heteroatoms. The quantitative estimate of drug-likeness (QED) is 0.258. The Morgan fingerprint density at radius 3 is 2.15 bits per heavy atom. The van der Waals surface area contributed by atoms with E-state index in [4.69, 9.17) is 0 Å². The molecule has 0 spiro atoms. The van der Waals surface area contributed by atoms with Crippen LogP contribution in [-0.2, 0) is 0 Å². The smallest absolute Gasteiger partial charge is 0.0158 e. The molecule has 0 N–H and O–H groups in total. The number of halogens is 1. The predicted molar refractivity (Wildman–Crippen MR) is 131 cm³/mol. The monoisotopic (exact) mass is 488 g/mol. The standard InChI is InChI=1S/C26H49I/c1-10-13-26(9)20(11-2)19(4)16-21-22(26)15-18(3)17-25(21,8)14-12-23(27)24(5,6)7/h18-23H,10-17H2,1-9H3. The van der Waals surface area contributed by atoms with Crippen LogP contribution >= 0.6 is 22.6 Å². The van der Waals surface area contributed by atoms with Crippen LogP contribution in [0.1, 0.15) is 114 Å². The van der Waals surface area contributed by atoms with Crippen molar-refractivity contribution >= 4 is 22.6 Å². The molecule has 0 aromatic rings. The fourth-order valence-electron chi connectivity index (χ4n) is 7.74. The fraction of sp³-hybridized carbons (Fsp3) is 1.00. The Balaban J connectivity index is 2.31. The van der Waals surface area contributed by atoms with Gasteiger partial charge in [-0.3, -0.25) is 0 Å². The van der Waals surface area contributed by atoms with E-state index in [-0.39, 0.29) is 0 Å². The Labute approximate surface area is 185 Å². The van der Waals surface area contributed by atoms with Gasteiger partial charge in [0.25, 0.3) is 0 Å². The van der Waals surface area contributed by atoms with Gasteiger partial charge in [-0.25, -0.2) is 0 Å². The van der Waals surface area contributed by atoms with Gasteiger partial charge < -0.3 is 0 Å². The van der Waals surface area contributed by atoms with Crippen LogP contribution in [0.3, 0.4) is 0 Å². The average molecular weight is 489 g/mol. The van der Waals surface area contributed by atoms with E-state index in [0.29, 0.717) is 16.2 Å². The molecule has 8 atom stereocenters. The molecule has 2 rings (SSSR count). The van der Waals surface area contributed by atoms with Gasteiger partial charge in [0.05, 0.1) is 0 Å². The fourth-order valence-corrected chi connectivity index (χ4v) is 8.05. The highest BCUT2D eigenvalue weighted by Gasteiger charge is 2.56. The summed E-state index contributed by atoms with van der Waals surface area (Å²) in [6.07, 6.45) is 11.5. The maximum atomic E-state index is 2.74.